The highest BCUT2D eigenvalue weighted by Gasteiger charge is 2.23. The second kappa shape index (κ2) is 9.33. The fourth-order valence-electron chi connectivity index (χ4n) is 2.02. The number of nitrogens with one attached hydrogen (secondary N) is 1. The van der Waals surface area contributed by atoms with Gasteiger partial charge in [-0.1, -0.05) is 13.8 Å². The molecule has 0 spiro atoms. The third-order valence-electron chi connectivity index (χ3n) is 3.29. The maximum absolute atomic E-state index is 12.4. The van der Waals surface area contributed by atoms with Gasteiger partial charge in [0.05, 0.1) is 6.61 Å². The molecule has 0 radical (unpaired) electrons. The lowest BCUT2D eigenvalue weighted by Gasteiger charge is -2.16. The van der Waals surface area contributed by atoms with Crippen molar-refractivity contribution in [3.05, 3.63) is 17.0 Å². The predicted octanol–water partition coefficient (Wildman–Crippen LogP) is 0.411. The van der Waals surface area contributed by atoms with E-state index in [4.69, 9.17) is 10.5 Å². The topological polar surface area (TPSA) is 102 Å². The van der Waals surface area contributed by atoms with Gasteiger partial charge >= 0.3 is 0 Å². The number of ether oxygens (including phenoxy) is 1. The molecule has 1 unspecified atom stereocenters. The number of carbonyl (C=O) groups is 1. The van der Waals surface area contributed by atoms with Gasteiger partial charge in [-0.05, 0) is 18.6 Å². The maximum atomic E-state index is 12.4. The maximum Gasteiger partial charge on any atom is 0.252 e. The zero-order valence-electron chi connectivity index (χ0n) is 13.7. The van der Waals surface area contributed by atoms with E-state index in [1.54, 1.807) is 12.1 Å². The third-order valence-corrected chi connectivity index (χ3v) is 6.95. The van der Waals surface area contributed by atoms with Gasteiger partial charge in [0.1, 0.15) is 10.3 Å². The molecular weight excluding hydrogens is 338 g/mol. The number of hydrogen-bond acceptors (Lipinski definition) is 6. The highest BCUT2D eigenvalue weighted by molar-refractivity contribution is 7.91. The number of nitrogens with zero attached hydrogens (tertiary/aromatic N) is 1. The summed E-state index contributed by atoms with van der Waals surface area (Å²) in [5.41, 5.74) is 5.61. The molecule has 1 aromatic heterocycles. The third kappa shape index (κ3) is 5.54. The minimum atomic E-state index is -3.41. The Labute approximate surface area is 141 Å². The second-order valence-corrected chi connectivity index (χ2v) is 8.25. The van der Waals surface area contributed by atoms with Crippen LogP contribution in [-0.4, -0.2) is 58.0 Å². The molecule has 1 heterocycles. The number of methoxy groups -OCH3 is 1. The van der Waals surface area contributed by atoms with Crippen LogP contribution >= 0.6 is 11.3 Å². The van der Waals surface area contributed by atoms with Crippen molar-refractivity contribution in [3.8, 4) is 0 Å². The summed E-state index contributed by atoms with van der Waals surface area (Å²) in [7, 11) is -1.93. The van der Waals surface area contributed by atoms with Gasteiger partial charge in [0.2, 0.25) is 5.91 Å². The summed E-state index contributed by atoms with van der Waals surface area (Å²) in [6.07, 6.45) is 0.559. The quantitative estimate of drug-likeness (QED) is 0.627. The van der Waals surface area contributed by atoms with Crippen molar-refractivity contribution in [2.24, 2.45) is 5.73 Å². The van der Waals surface area contributed by atoms with Crippen LogP contribution in [-0.2, 0) is 26.0 Å². The molecule has 0 aromatic carbocycles. The molecule has 0 saturated carbocycles. The Balaban J connectivity index is 2.59. The van der Waals surface area contributed by atoms with Crippen LogP contribution in [0.25, 0.3) is 0 Å². The van der Waals surface area contributed by atoms with Crippen molar-refractivity contribution in [2.45, 2.75) is 30.5 Å². The van der Waals surface area contributed by atoms with Gasteiger partial charge in [0.25, 0.3) is 10.0 Å². The summed E-state index contributed by atoms with van der Waals surface area (Å²) >= 11 is 1.23. The summed E-state index contributed by atoms with van der Waals surface area (Å²) in [5, 5.41) is 2.71. The van der Waals surface area contributed by atoms with Crippen molar-refractivity contribution < 1.29 is 17.9 Å². The molecule has 1 rings (SSSR count). The van der Waals surface area contributed by atoms with Gasteiger partial charge in [-0.15, -0.1) is 11.3 Å². The summed E-state index contributed by atoms with van der Waals surface area (Å²) < 4.78 is 31.3. The molecule has 0 aliphatic heterocycles. The molecule has 132 valence electrons. The van der Waals surface area contributed by atoms with Gasteiger partial charge in [0, 0.05) is 31.6 Å². The fourth-order valence-corrected chi connectivity index (χ4v) is 4.98. The zero-order chi connectivity index (χ0) is 17.5. The Bertz CT molecular complexity index is 597. The van der Waals surface area contributed by atoms with Crippen molar-refractivity contribution in [3.63, 3.8) is 0 Å². The fraction of sp³-hybridized carbons (Fsp3) is 0.643. The van der Waals surface area contributed by atoms with Crippen molar-refractivity contribution in [2.75, 3.05) is 33.4 Å². The number of hydrogen-bond donors (Lipinski definition) is 2. The van der Waals surface area contributed by atoms with Crippen LogP contribution in [0.1, 0.15) is 18.7 Å². The summed E-state index contributed by atoms with van der Waals surface area (Å²) in [4.78, 5) is 12.5. The highest BCUT2D eigenvalue weighted by atomic mass is 32.2. The second-order valence-electron chi connectivity index (χ2n) is 4.91. The number of rotatable bonds is 10. The molecule has 9 heteroatoms. The van der Waals surface area contributed by atoms with E-state index < -0.39 is 16.1 Å². The van der Waals surface area contributed by atoms with Crippen LogP contribution in [0.15, 0.2) is 16.3 Å². The van der Waals surface area contributed by atoms with Gasteiger partial charge in [-0.3, -0.25) is 4.79 Å². The molecule has 0 bridgehead atoms. The van der Waals surface area contributed by atoms with E-state index in [-0.39, 0.29) is 12.5 Å². The Hall–Kier alpha value is -1.00. The smallest absolute Gasteiger partial charge is 0.252 e. The number of sulfonamides is 1. The minimum Gasteiger partial charge on any atom is -0.383 e. The largest absolute Gasteiger partial charge is 0.383 e. The summed E-state index contributed by atoms with van der Waals surface area (Å²) in [5.74, 6) is -0.278. The Morgan fingerprint density at radius 2 is 2.04 bits per heavy atom. The molecular formula is C14H25N3O4S2. The van der Waals surface area contributed by atoms with E-state index in [2.05, 4.69) is 5.32 Å². The number of carbonyl (C=O) groups excluding carboxylic acids is 1. The van der Waals surface area contributed by atoms with Crippen LogP contribution in [0.4, 0.5) is 0 Å². The first-order valence-corrected chi connectivity index (χ1v) is 9.73. The van der Waals surface area contributed by atoms with Crippen LogP contribution < -0.4 is 11.1 Å². The molecule has 0 aliphatic rings. The Morgan fingerprint density at radius 3 is 2.61 bits per heavy atom. The van der Waals surface area contributed by atoms with Crippen LogP contribution in [0, 0.1) is 0 Å². The molecule has 3 N–H and O–H groups in total. The number of nitrogens with two attached hydrogens (primary N) is 1. The average molecular weight is 364 g/mol. The summed E-state index contributed by atoms with van der Waals surface area (Å²) in [6, 6.07) is 2.70. The van der Waals surface area contributed by atoms with E-state index in [1.807, 2.05) is 13.8 Å². The minimum absolute atomic E-state index is 0.164. The number of thiophene rings is 1. The first-order valence-electron chi connectivity index (χ1n) is 7.47. The standard InChI is InChI=1S/C14H25N3O4S2/c1-4-17(5-2)23(19,20)13-7-6-11(22-13)8-9-16-14(18)12(15)10-21-3/h6-7,12H,4-5,8-10,15H2,1-3H3,(H,16,18). The molecule has 1 atom stereocenters. The first kappa shape index (κ1) is 20.0. The van der Waals surface area contributed by atoms with E-state index in [1.165, 1.54) is 22.8 Å². The zero-order valence-corrected chi connectivity index (χ0v) is 15.4. The molecule has 7 nitrogen and oxygen atoms in total. The average Bonchev–Trinajstić information content (AvgIpc) is 2.98. The van der Waals surface area contributed by atoms with Gasteiger partial charge in [-0.25, -0.2) is 8.42 Å². The number of amides is 1. The van der Waals surface area contributed by atoms with Crippen molar-refractivity contribution in [1.82, 2.24) is 9.62 Å². The molecule has 0 saturated heterocycles. The van der Waals surface area contributed by atoms with Crippen molar-refractivity contribution >= 4 is 27.3 Å². The lowest BCUT2D eigenvalue weighted by Crippen LogP contribution is -2.44. The highest BCUT2D eigenvalue weighted by Crippen LogP contribution is 2.25. The molecule has 0 fully saturated rings. The van der Waals surface area contributed by atoms with Crippen LogP contribution in [0.2, 0.25) is 0 Å². The van der Waals surface area contributed by atoms with Gasteiger partial charge in [0.15, 0.2) is 0 Å². The predicted molar refractivity (Wildman–Crippen MR) is 91.0 cm³/mol. The Kier molecular flexibility index (Phi) is 8.13. The molecule has 1 amide bonds. The van der Waals surface area contributed by atoms with Crippen LogP contribution in [0.3, 0.4) is 0 Å². The van der Waals surface area contributed by atoms with Gasteiger partial charge in [-0.2, -0.15) is 4.31 Å². The van der Waals surface area contributed by atoms with E-state index >= 15 is 0 Å². The first-order chi connectivity index (χ1) is 10.9. The van der Waals surface area contributed by atoms with E-state index in [0.717, 1.165) is 4.88 Å². The monoisotopic (exact) mass is 363 g/mol. The lowest BCUT2D eigenvalue weighted by atomic mass is 10.3. The van der Waals surface area contributed by atoms with E-state index in [9.17, 15) is 13.2 Å². The van der Waals surface area contributed by atoms with Crippen molar-refractivity contribution in [1.29, 1.82) is 0 Å². The van der Waals surface area contributed by atoms with Gasteiger partial charge < -0.3 is 15.8 Å². The SMILES string of the molecule is CCN(CC)S(=O)(=O)c1ccc(CCNC(=O)C(N)COC)s1. The molecule has 0 aliphatic carbocycles. The lowest BCUT2D eigenvalue weighted by molar-refractivity contribution is -0.123. The summed E-state index contributed by atoms with van der Waals surface area (Å²) in [6.45, 7) is 5.08. The molecule has 23 heavy (non-hydrogen) atoms. The Morgan fingerprint density at radius 1 is 1.39 bits per heavy atom. The normalized spacial score (nSPS) is 13.3. The van der Waals surface area contributed by atoms with E-state index in [0.29, 0.717) is 30.3 Å². The molecule has 1 aromatic rings. The van der Waals surface area contributed by atoms with Crippen LogP contribution in [0.5, 0.6) is 0 Å².